The highest BCUT2D eigenvalue weighted by molar-refractivity contribution is 7.16. The number of rotatable bonds is 5. The highest BCUT2D eigenvalue weighted by Gasteiger charge is 2.44. The fourth-order valence-corrected chi connectivity index (χ4v) is 6.89. The maximum atomic E-state index is 13.0. The van der Waals surface area contributed by atoms with Crippen LogP contribution in [0.5, 0.6) is 0 Å². The molecule has 2 aromatic heterocycles. The molecule has 3 aromatic rings. The van der Waals surface area contributed by atoms with E-state index in [-0.39, 0.29) is 10.3 Å². The van der Waals surface area contributed by atoms with Crippen LogP contribution in [-0.4, -0.2) is 66.7 Å². The molecule has 37 heavy (non-hydrogen) atoms. The van der Waals surface area contributed by atoms with E-state index in [9.17, 15) is 18.4 Å². The van der Waals surface area contributed by atoms with E-state index in [0.29, 0.717) is 22.1 Å². The summed E-state index contributed by atoms with van der Waals surface area (Å²) >= 11 is 1.03. The lowest BCUT2D eigenvalue weighted by atomic mass is 9.86. The van der Waals surface area contributed by atoms with E-state index in [2.05, 4.69) is 50.5 Å². The molecule has 0 radical (unpaired) electrons. The molecule has 0 aliphatic carbocycles. The van der Waals surface area contributed by atoms with Crippen LogP contribution < -0.4 is 0 Å². The Kier molecular flexibility index (Phi) is 6.62. The van der Waals surface area contributed by atoms with Crippen LogP contribution in [0.2, 0.25) is 0 Å². The second-order valence-corrected chi connectivity index (χ2v) is 11.3. The summed E-state index contributed by atoms with van der Waals surface area (Å²) in [5.74, 6) is 0.699. The van der Waals surface area contributed by atoms with E-state index in [0.717, 1.165) is 67.8 Å². The predicted octanol–water partition coefficient (Wildman–Crippen LogP) is 5.82. The summed E-state index contributed by atoms with van der Waals surface area (Å²) in [6, 6.07) is 9.86. The van der Waals surface area contributed by atoms with Crippen molar-refractivity contribution < 1.29 is 13.2 Å². The first-order valence-electron chi connectivity index (χ1n) is 12.3. The van der Waals surface area contributed by atoms with Gasteiger partial charge >= 0.3 is 6.18 Å². The number of amidine groups is 1. The molecular formula is C27H29F3N6S. The number of aromatic amines is 1. The summed E-state index contributed by atoms with van der Waals surface area (Å²) in [7, 11) is 1.69. The molecule has 2 aliphatic heterocycles. The van der Waals surface area contributed by atoms with Gasteiger partial charge in [-0.25, -0.2) is 0 Å². The van der Waals surface area contributed by atoms with Crippen LogP contribution >= 0.6 is 11.3 Å². The maximum Gasteiger partial charge on any atom is 0.393 e. The Morgan fingerprint density at radius 3 is 2.73 bits per heavy atom. The first-order chi connectivity index (χ1) is 17.6. The van der Waals surface area contributed by atoms with Crippen molar-refractivity contribution >= 4 is 39.8 Å². The molecule has 6 nitrogen and oxygen atoms in total. The fourth-order valence-electron chi connectivity index (χ4n) is 5.90. The third-order valence-electron chi connectivity index (χ3n) is 7.69. The number of halogens is 3. The third kappa shape index (κ3) is 5.03. The number of alkyl halides is 3. The van der Waals surface area contributed by atoms with E-state index in [1.165, 1.54) is 11.1 Å². The first-order valence-corrected chi connectivity index (χ1v) is 13.1. The molecule has 10 heteroatoms. The molecule has 1 atom stereocenters. The van der Waals surface area contributed by atoms with Crippen molar-refractivity contribution in [1.82, 2.24) is 14.8 Å². The summed E-state index contributed by atoms with van der Waals surface area (Å²) in [5, 5.41) is 10.8. The maximum absolute atomic E-state index is 13.0. The summed E-state index contributed by atoms with van der Waals surface area (Å²) in [6.07, 6.45) is -3.15. The Morgan fingerprint density at radius 1 is 1.24 bits per heavy atom. The number of likely N-dealkylation sites (tertiary alicyclic amines) is 2. The van der Waals surface area contributed by atoms with Crippen LogP contribution in [0.1, 0.15) is 40.1 Å². The molecule has 1 unspecified atom stereocenters. The zero-order chi connectivity index (χ0) is 26.4. The number of hydrogen-bond donors (Lipinski definition) is 1. The first kappa shape index (κ1) is 25.5. The van der Waals surface area contributed by atoms with Crippen LogP contribution in [0.3, 0.4) is 0 Å². The Balaban J connectivity index is 1.29. The van der Waals surface area contributed by atoms with Crippen LogP contribution in [0.25, 0.3) is 10.9 Å². The molecule has 1 N–H and O–H groups in total. The quantitative estimate of drug-likeness (QED) is 0.336. The van der Waals surface area contributed by atoms with Gasteiger partial charge < -0.3 is 9.88 Å². The van der Waals surface area contributed by atoms with E-state index < -0.39 is 12.6 Å². The van der Waals surface area contributed by atoms with Crippen LogP contribution in [0, 0.1) is 23.7 Å². The molecule has 4 heterocycles. The monoisotopic (exact) mass is 526 g/mol. The summed E-state index contributed by atoms with van der Waals surface area (Å²) in [6.45, 7) is 10.1. The van der Waals surface area contributed by atoms with Crippen LogP contribution in [-0.2, 0) is 13.0 Å². The molecule has 2 saturated heterocycles. The molecule has 194 valence electrons. The topological polar surface area (TPSA) is 70.8 Å². The number of aliphatic imine (C=N–C) groups is 2. The number of nitriles is 1. The zero-order valence-electron chi connectivity index (χ0n) is 21.0. The number of thiophene rings is 1. The van der Waals surface area contributed by atoms with Gasteiger partial charge in [0.25, 0.3) is 0 Å². The van der Waals surface area contributed by atoms with Crippen molar-refractivity contribution in [3.8, 4) is 6.07 Å². The Hall–Kier alpha value is -3.16. The molecular weight excluding hydrogens is 497 g/mol. The van der Waals surface area contributed by atoms with E-state index in [1.807, 2.05) is 12.1 Å². The molecule has 5 rings (SSSR count). The second kappa shape index (κ2) is 9.62. The predicted molar refractivity (Wildman–Crippen MR) is 142 cm³/mol. The van der Waals surface area contributed by atoms with Crippen LogP contribution in [0.15, 0.2) is 34.3 Å². The van der Waals surface area contributed by atoms with Gasteiger partial charge in [0, 0.05) is 54.4 Å². The highest BCUT2D eigenvalue weighted by atomic mass is 32.1. The summed E-state index contributed by atoms with van der Waals surface area (Å²) in [5.41, 5.74) is 4.77. The van der Waals surface area contributed by atoms with Gasteiger partial charge in [0.2, 0.25) is 0 Å². The van der Waals surface area contributed by atoms with Crippen molar-refractivity contribution in [2.24, 2.45) is 15.4 Å². The summed E-state index contributed by atoms with van der Waals surface area (Å²) < 4.78 is 38.9. The molecule has 1 aromatic carbocycles. The van der Waals surface area contributed by atoms with E-state index in [1.54, 1.807) is 13.1 Å². The zero-order valence-corrected chi connectivity index (χ0v) is 21.8. The minimum Gasteiger partial charge on any atom is -0.356 e. The lowest BCUT2D eigenvalue weighted by Gasteiger charge is -2.26. The third-order valence-corrected chi connectivity index (χ3v) is 8.76. The lowest BCUT2D eigenvalue weighted by molar-refractivity contribution is -0.126. The smallest absolute Gasteiger partial charge is 0.356 e. The number of hydrogen-bond acceptors (Lipinski definition) is 5. The van der Waals surface area contributed by atoms with E-state index >= 15 is 0 Å². The molecule has 2 aliphatic rings. The highest BCUT2D eigenvalue weighted by Crippen LogP contribution is 2.42. The van der Waals surface area contributed by atoms with Crippen molar-refractivity contribution in [1.29, 1.82) is 5.26 Å². The molecule has 0 amide bonds. The van der Waals surface area contributed by atoms with Gasteiger partial charge in [-0.1, -0.05) is 6.07 Å². The molecule has 2 fully saturated rings. The van der Waals surface area contributed by atoms with Crippen molar-refractivity contribution in [2.75, 3.05) is 33.2 Å². The summed E-state index contributed by atoms with van der Waals surface area (Å²) in [4.78, 5) is 16.6. The molecule has 0 bridgehead atoms. The average Bonchev–Trinajstić information content (AvgIpc) is 3.63. The number of nitrogens with one attached hydrogen (secondary N) is 1. The van der Waals surface area contributed by atoms with Crippen molar-refractivity contribution in [3.05, 3.63) is 51.5 Å². The second-order valence-electron chi connectivity index (χ2n) is 10.2. The average molecular weight is 527 g/mol. The molecule has 0 saturated carbocycles. The van der Waals surface area contributed by atoms with Gasteiger partial charge in [-0.05, 0) is 62.4 Å². The van der Waals surface area contributed by atoms with Gasteiger partial charge in [0.05, 0.1) is 12.0 Å². The number of fused-ring (bicyclic) bond motifs is 1. The van der Waals surface area contributed by atoms with Crippen molar-refractivity contribution in [2.45, 2.75) is 38.9 Å². The van der Waals surface area contributed by atoms with Gasteiger partial charge in [0.1, 0.15) is 22.6 Å². The Labute approximate surface area is 218 Å². The minimum atomic E-state index is -4.27. The number of benzene rings is 1. The Morgan fingerprint density at radius 2 is 2.03 bits per heavy atom. The van der Waals surface area contributed by atoms with Gasteiger partial charge in [-0.15, -0.1) is 11.3 Å². The van der Waals surface area contributed by atoms with Gasteiger partial charge in [-0.3, -0.25) is 14.9 Å². The van der Waals surface area contributed by atoms with Gasteiger partial charge in [0.15, 0.2) is 0 Å². The van der Waals surface area contributed by atoms with Crippen LogP contribution in [0.4, 0.5) is 18.2 Å². The van der Waals surface area contributed by atoms with Crippen molar-refractivity contribution in [3.63, 3.8) is 0 Å². The largest absolute Gasteiger partial charge is 0.393 e. The van der Waals surface area contributed by atoms with E-state index in [4.69, 9.17) is 0 Å². The number of aryl methyl sites for hydroxylation is 1. The SMILES string of the molecule is C=Nc1sc(CC(F)(F)F)cc1/C(=N\C)N1CCC2(CCN(Cc3ccc4[nH]c(C#N)cc4c3C)C2)C1. The number of H-pyrrole nitrogens is 1. The Bertz CT molecular complexity index is 1410. The molecule has 1 spiro atoms. The number of nitrogens with zero attached hydrogens (tertiary/aromatic N) is 5. The fraction of sp³-hybridized carbons (Fsp3) is 0.444. The van der Waals surface area contributed by atoms with Gasteiger partial charge in [-0.2, -0.15) is 18.4 Å². The standard InChI is InChI=1S/C27H29F3N6S/c1-17-18(4-5-23-21(17)10-19(13-31)34-23)14-35-8-6-26(15-35)7-9-36(16-26)24(32-2)22-11-20(12-27(28,29)30)37-25(22)33-3/h4-5,10-11,34H,3,6-9,12,14-16H2,1-2H3/b32-24+. The normalized spacial score (nSPS) is 20.9. The lowest BCUT2D eigenvalue weighted by Crippen LogP contribution is -2.34. The minimum absolute atomic E-state index is 0.128. The number of aromatic nitrogens is 1.